The van der Waals surface area contributed by atoms with Crippen LogP contribution in [0, 0.1) is 10.1 Å². The number of ether oxygens (including phenoxy) is 6. The maximum atomic E-state index is 13.1. The Morgan fingerprint density at radius 1 is 0.736 bits per heavy atom. The molecule has 4 aromatic carbocycles. The molecule has 276 valence electrons. The molecule has 0 unspecified atom stereocenters. The minimum atomic E-state index is -0.905. The van der Waals surface area contributed by atoms with Crippen molar-refractivity contribution in [2.45, 2.75) is 63.4 Å². The van der Waals surface area contributed by atoms with Gasteiger partial charge in [0.2, 0.25) is 0 Å². The molecule has 53 heavy (non-hydrogen) atoms. The number of rotatable bonds is 17. The van der Waals surface area contributed by atoms with Crippen molar-refractivity contribution in [3.05, 3.63) is 147 Å². The molecule has 2 aliphatic heterocycles. The highest BCUT2D eigenvalue weighted by Crippen LogP contribution is 2.32. The summed E-state index contributed by atoms with van der Waals surface area (Å²) in [6.45, 7) is 0.375. The summed E-state index contributed by atoms with van der Waals surface area (Å²) in [4.78, 5) is 50.6. The number of methoxy groups -OCH3 is 1. The van der Waals surface area contributed by atoms with Crippen LogP contribution in [0.15, 0.2) is 109 Å². The van der Waals surface area contributed by atoms with Crippen molar-refractivity contribution in [2.75, 3.05) is 20.3 Å². The first-order chi connectivity index (χ1) is 25.8. The number of benzene rings is 4. The van der Waals surface area contributed by atoms with Crippen molar-refractivity contribution in [3.63, 3.8) is 0 Å². The molecule has 5 atom stereocenters. The molecule has 4 aromatic rings. The molecule has 0 saturated carbocycles. The molecule has 0 bridgehead atoms. The van der Waals surface area contributed by atoms with Gasteiger partial charge in [0.15, 0.2) is 6.29 Å². The van der Waals surface area contributed by atoms with Crippen LogP contribution in [-0.2, 0) is 53.0 Å². The highest BCUT2D eigenvalue weighted by molar-refractivity contribution is 6.23. The maximum absolute atomic E-state index is 13.1. The lowest BCUT2D eigenvalue weighted by Crippen LogP contribution is -2.61. The molecule has 13 heteroatoms. The normalized spacial score (nSPS) is 21.0. The number of esters is 1. The Morgan fingerprint density at radius 2 is 1.28 bits per heavy atom. The Hall–Kier alpha value is -5.31. The highest BCUT2D eigenvalue weighted by atomic mass is 16.7. The predicted molar refractivity (Wildman–Crippen MR) is 189 cm³/mol. The predicted octanol–water partition coefficient (Wildman–Crippen LogP) is 5.64. The van der Waals surface area contributed by atoms with E-state index in [1.807, 2.05) is 91.0 Å². The summed E-state index contributed by atoms with van der Waals surface area (Å²) < 4.78 is 37.4. The Morgan fingerprint density at radius 3 is 1.83 bits per heavy atom. The molecule has 2 heterocycles. The van der Waals surface area contributed by atoms with E-state index in [4.69, 9.17) is 28.4 Å². The highest BCUT2D eigenvalue weighted by Gasteiger charge is 2.49. The van der Waals surface area contributed by atoms with Crippen LogP contribution in [0.25, 0.3) is 0 Å². The van der Waals surface area contributed by atoms with E-state index in [1.165, 1.54) is 25.3 Å². The van der Waals surface area contributed by atoms with Gasteiger partial charge in [-0.3, -0.25) is 29.4 Å². The zero-order valence-corrected chi connectivity index (χ0v) is 29.1. The first kappa shape index (κ1) is 37.4. The van der Waals surface area contributed by atoms with E-state index < -0.39 is 59.1 Å². The topological polar surface area (TPSA) is 153 Å². The number of nitro benzene ring substituents is 1. The molecule has 1 fully saturated rings. The fourth-order valence-electron chi connectivity index (χ4n) is 6.37. The standard InChI is InChI=1S/C40H40N2O11/c1-48-40-37(52-25-29-17-9-4-10-18-29)36(51-24-28-15-7-3-8-16-28)35(50-23-27-13-5-2-6-14-27)32(53-40)26-49-33(43)21-12-22-41-38(44)30-19-11-20-31(42(46)47)34(30)39(41)45/h2-11,13-20,32,35-37,40H,12,21-26H2,1H3/t32-,35-,36+,37-,40+/m1/s1. The van der Waals surface area contributed by atoms with Crippen molar-refractivity contribution in [2.24, 2.45) is 0 Å². The Labute approximate surface area is 306 Å². The smallest absolute Gasteiger partial charge is 0.305 e. The number of carbonyl (C=O) groups excluding carboxylic acids is 3. The fourth-order valence-corrected chi connectivity index (χ4v) is 6.37. The molecular formula is C40H40N2O11. The Kier molecular flexibility index (Phi) is 12.7. The molecule has 6 rings (SSSR count). The molecular weight excluding hydrogens is 684 g/mol. The minimum Gasteiger partial charge on any atom is -0.463 e. The summed E-state index contributed by atoms with van der Waals surface area (Å²) in [6.07, 6.45) is -4.01. The van der Waals surface area contributed by atoms with E-state index in [1.54, 1.807) is 0 Å². The van der Waals surface area contributed by atoms with Crippen LogP contribution < -0.4 is 0 Å². The van der Waals surface area contributed by atoms with Gasteiger partial charge in [-0.25, -0.2) is 0 Å². The first-order valence-corrected chi connectivity index (χ1v) is 17.3. The van der Waals surface area contributed by atoms with Gasteiger partial charge in [-0.05, 0) is 29.2 Å². The SMILES string of the molecule is CO[C@H]1O[C@H](COC(=O)CCCN2C(=O)c3cccc([N+](=O)[O-])c3C2=O)[C@@H](OCc2ccccc2)[C@H](OCc2ccccc2)[C@H]1OCc1ccccc1. The number of nitro groups is 1. The zero-order valence-electron chi connectivity index (χ0n) is 29.1. The number of nitrogens with zero attached hydrogens (tertiary/aromatic N) is 2. The summed E-state index contributed by atoms with van der Waals surface area (Å²) in [7, 11) is 1.50. The molecule has 0 radical (unpaired) electrons. The average molecular weight is 725 g/mol. The molecule has 1 saturated heterocycles. The van der Waals surface area contributed by atoms with Crippen LogP contribution >= 0.6 is 0 Å². The van der Waals surface area contributed by atoms with Crippen LogP contribution in [0.3, 0.4) is 0 Å². The second-order valence-corrected chi connectivity index (χ2v) is 12.6. The molecule has 0 aromatic heterocycles. The lowest BCUT2D eigenvalue weighted by atomic mass is 9.97. The monoisotopic (exact) mass is 724 g/mol. The Bertz CT molecular complexity index is 1860. The van der Waals surface area contributed by atoms with Gasteiger partial charge in [0, 0.05) is 26.1 Å². The van der Waals surface area contributed by atoms with Gasteiger partial charge >= 0.3 is 5.97 Å². The zero-order chi connectivity index (χ0) is 37.2. The Balaban J connectivity index is 1.15. The maximum Gasteiger partial charge on any atom is 0.305 e. The van der Waals surface area contributed by atoms with Gasteiger partial charge in [0.1, 0.15) is 36.6 Å². The molecule has 0 aliphatic carbocycles. The fraction of sp³-hybridized carbons (Fsp3) is 0.325. The third kappa shape index (κ3) is 9.20. The van der Waals surface area contributed by atoms with Crippen molar-refractivity contribution in [1.82, 2.24) is 4.90 Å². The molecule has 0 N–H and O–H groups in total. The van der Waals surface area contributed by atoms with Gasteiger partial charge in [-0.15, -0.1) is 0 Å². The summed E-state index contributed by atoms with van der Waals surface area (Å²) >= 11 is 0. The van der Waals surface area contributed by atoms with E-state index in [0.717, 1.165) is 21.6 Å². The third-order valence-corrected chi connectivity index (χ3v) is 9.02. The summed E-state index contributed by atoms with van der Waals surface area (Å²) in [5, 5.41) is 11.5. The largest absolute Gasteiger partial charge is 0.463 e. The first-order valence-electron chi connectivity index (χ1n) is 17.3. The van der Waals surface area contributed by atoms with E-state index in [-0.39, 0.29) is 56.9 Å². The summed E-state index contributed by atoms with van der Waals surface area (Å²) in [5.41, 5.74) is 2.08. The van der Waals surface area contributed by atoms with Gasteiger partial charge < -0.3 is 28.4 Å². The average Bonchev–Trinajstić information content (AvgIpc) is 3.43. The van der Waals surface area contributed by atoms with Crippen LogP contribution in [0.1, 0.15) is 50.2 Å². The molecule has 13 nitrogen and oxygen atoms in total. The van der Waals surface area contributed by atoms with Gasteiger partial charge in [0.05, 0.1) is 30.3 Å². The van der Waals surface area contributed by atoms with E-state index >= 15 is 0 Å². The van der Waals surface area contributed by atoms with Gasteiger partial charge in [-0.2, -0.15) is 0 Å². The quantitative estimate of drug-likeness (QED) is 0.0576. The summed E-state index contributed by atoms with van der Waals surface area (Å²) in [6, 6.07) is 32.9. The van der Waals surface area contributed by atoms with Crippen LogP contribution in [-0.4, -0.2) is 78.6 Å². The number of hydrogen-bond acceptors (Lipinski definition) is 11. The van der Waals surface area contributed by atoms with E-state index in [2.05, 4.69) is 0 Å². The van der Waals surface area contributed by atoms with Crippen molar-refractivity contribution < 1.29 is 47.7 Å². The van der Waals surface area contributed by atoms with E-state index in [9.17, 15) is 24.5 Å². The van der Waals surface area contributed by atoms with Crippen LogP contribution in [0.2, 0.25) is 0 Å². The number of amides is 2. The second kappa shape index (κ2) is 17.9. The van der Waals surface area contributed by atoms with Gasteiger partial charge in [-0.1, -0.05) is 97.1 Å². The molecule has 2 amide bonds. The minimum absolute atomic E-state index is 0.0365. The lowest BCUT2D eigenvalue weighted by Gasteiger charge is -2.45. The summed E-state index contributed by atoms with van der Waals surface area (Å²) in [5.74, 6) is -2.01. The van der Waals surface area contributed by atoms with Crippen LogP contribution in [0.5, 0.6) is 0 Å². The van der Waals surface area contributed by atoms with Crippen molar-refractivity contribution in [3.8, 4) is 0 Å². The number of hydrogen-bond donors (Lipinski definition) is 0. The van der Waals surface area contributed by atoms with Crippen molar-refractivity contribution >= 4 is 23.5 Å². The number of imide groups is 1. The van der Waals surface area contributed by atoms with Gasteiger partial charge in [0.25, 0.3) is 17.5 Å². The molecule has 2 aliphatic rings. The number of carbonyl (C=O) groups is 3. The number of fused-ring (bicyclic) bond motifs is 1. The van der Waals surface area contributed by atoms with E-state index in [0.29, 0.717) is 0 Å². The lowest BCUT2D eigenvalue weighted by molar-refractivity contribution is -0.385. The third-order valence-electron chi connectivity index (χ3n) is 9.02. The van der Waals surface area contributed by atoms with Crippen LogP contribution in [0.4, 0.5) is 5.69 Å². The molecule has 0 spiro atoms. The second-order valence-electron chi connectivity index (χ2n) is 12.6. The van der Waals surface area contributed by atoms with Crippen molar-refractivity contribution in [1.29, 1.82) is 0 Å².